The fourth-order valence-corrected chi connectivity index (χ4v) is 4.50. The quantitative estimate of drug-likeness (QED) is 0.629. The second-order valence-electron chi connectivity index (χ2n) is 8.55. The van der Waals surface area contributed by atoms with Crippen LogP contribution >= 0.6 is 0 Å². The first-order chi connectivity index (χ1) is 16.6. The SMILES string of the molecule is CCNC(=O)N1CCN(c2ccc(-c3noc([C@H]4CC(=O)N(c5ccccc5)C4)n3)cc2)CC1. The summed E-state index contributed by atoms with van der Waals surface area (Å²) in [4.78, 5) is 35.0. The standard InChI is InChI=1S/C25H28N6O3/c1-2-26-25(33)30-14-12-29(13-15-30)20-10-8-18(9-11-20)23-27-24(34-28-23)19-16-22(32)31(17-19)21-6-4-3-5-7-21/h3-11,19H,2,12-17H2,1H3,(H,26,33)/t19-/m0/s1. The van der Waals surface area contributed by atoms with Gasteiger partial charge in [-0.3, -0.25) is 4.79 Å². The van der Waals surface area contributed by atoms with E-state index in [0.29, 0.717) is 44.3 Å². The van der Waals surface area contributed by atoms with Gasteiger partial charge in [-0.15, -0.1) is 0 Å². The molecule has 2 aromatic carbocycles. The van der Waals surface area contributed by atoms with Crippen LogP contribution in [0.3, 0.4) is 0 Å². The lowest BCUT2D eigenvalue weighted by molar-refractivity contribution is -0.117. The smallest absolute Gasteiger partial charge is 0.317 e. The first-order valence-corrected chi connectivity index (χ1v) is 11.7. The van der Waals surface area contributed by atoms with Gasteiger partial charge in [-0.1, -0.05) is 23.4 Å². The average molecular weight is 461 g/mol. The van der Waals surface area contributed by atoms with Crippen LogP contribution < -0.4 is 15.1 Å². The van der Waals surface area contributed by atoms with Gasteiger partial charge in [0.25, 0.3) is 0 Å². The Kier molecular flexibility index (Phi) is 6.16. The van der Waals surface area contributed by atoms with Crippen LogP contribution in [0.4, 0.5) is 16.2 Å². The zero-order chi connectivity index (χ0) is 23.5. The Hall–Kier alpha value is -3.88. The summed E-state index contributed by atoms with van der Waals surface area (Å²) in [7, 11) is 0. The largest absolute Gasteiger partial charge is 0.368 e. The number of rotatable bonds is 5. The highest BCUT2D eigenvalue weighted by Crippen LogP contribution is 2.32. The molecule has 2 aliphatic heterocycles. The van der Waals surface area contributed by atoms with E-state index >= 15 is 0 Å². The van der Waals surface area contributed by atoms with Gasteiger partial charge in [0.15, 0.2) is 0 Å². The third-order valence-corrected chi connectivity index (χ3v) is 6.37. The van der Waals surface area contributed by atoms with Gasteiger partial charge < -0.3 is 24.5 Å². The van der Waals surface area contributed by atoms with E-state index in [-0.39, 0.29) is 17.9 Å². The molecule has 2 fully saturated rings. The maximum absolute atomic E-state index is 12.5. The Labute approximate surface area is 198 Å². The number of carbonyl (C=O) groups excluding carboxylic acids is 2. The van der Waals surface area contributed by atoms with Crippen LogP contribution in [0.5, 0.6) is 0 Å². The van der Waals surface area contributed by atoms with Gasteiger partial charge in [0, 0.05) is 62.6 Å². The molecule has 3 aromatic rings. The molecule has 0 bridgehead atoms. The van der Waals surface area contributed by atoms with Crippen molar-refractivity contribution in [3.63, 3.8) is 0 Å². The minimum atomic E-state index is -0.116. The van der Waals surface area contributed by atoms with Crippen molar-refractivity contribution in [2.24, 2.45) is 0 Å². The summed E-state index contributed by atoms with van der Waals surface area (Å²) in [6.07, 6.45) is 0.359. The number of nitrogens with one attached hydrogen (secondary N) is 1. The van der Waals surface area contributed by atoms with Gasteiger partial charge in [-0.25, -0.2) is 4.79 Å². The number of para-hydroxylation sites is 1. The highest BCUT2D eigenvalue weighted by atomic mass is 16.5. The number of hydrogen-bond acceptors (Lipinski definition) is 6. The minimum absolute atomic E-state index is 0.00117. The van der Waals surface area contributed by atoms with Crippen molar-refractivity contribution in [2.45, 2.75) is 19.3 Å². The van der Waals surface area contributed by atoms with E-state index in [1.54, 1.807) is 4.90 Å². The van der Waals surface area contributed by atoms with E-state index in [9.17, 15) is 9.59 Å². The van der Waals surface area contributed by atoms with Crippen LogP contribution in [0.25, 0.3) is 11.4 Å². The van der Waals surface area contributed by atoms with Crippen LogP contribution in [0.2, 0.25) is 0 Å². The van der Waals surface area contributed by atoms with Gasteiger partial charge in [-0.2, -0.15) is 4.98 Å². The van der Waals surface area contributed by atoms with E-state index in [2.05, 4.69) is 20.4 Å². The molecule has 0 saturated carbocycles. The Bertz CT molecular complexity index is 1140. The number of piperazine rings is 1. The van der Waals surface area contributed by atoms with E-state index in [4.69, 9.17) is 4.52 Å². The lowest BCUT2D eigenvalue weighted by Crippen LogP contribution is -2.51. The number of aromatic nitrogens is 2. The number of urea groups is 1. The average Bonchev–Trinajstić information content (AvgIpc) is 3.52. The van der Waals surface area contributed by atoms with Gasteiger partial charge in [0.05, 0.1) is 5.92 Å². The number of benzene rings is 2. The molecule has 34 heavy (non-hydrogen) atoms. The molecule has 2 saturated heterocycles. The van der Waals surface area contributed by atoms with Crippen molar-refractivity contribution in [3.05, 3.63) is 60.5 Å². The minimum Gasteiger partial charge on any atom is -0.368 e. The molecule has 0 aliphatic carbocycles. The third kappa shape index (κ3) is 4.46. The molecule has 5 rings (SSSR count). The summed E-state index contributed by atoms with van der Waals surface area (Å²) >= 11 is 0. The number of hydrogen-bond donors (Lipinski definition) is 1. The summed E-state index contributed by atoms with van der Waals surface area (Å²) in [5.41, 5.74) is 2.85. The molecule has 1 N–H and O–H groups in total. The fourth-order valence-electron chi connectivity index (χ4n) is 4.50. The second kappa shape index (κ2) is 9.54. The van der Waals surface area contributed by atoms with Gasteiger partial charge in [0.1, 0.15) is 0 Å². The molecule has 1 atom stereocenters. The lowest BCUT2D eigenvalue weighted by atomic mass is 10.1. The molecule has 3 amide bonds. The number of nitrogens with zero attached hydrogens (tertiary/aromatic N) is 5. The zero-order valence-electron chi connectivity index (χ0n) is 19.2. The van der Waals surface area contributed by atoms with Gasteiger partial charge in [0.2, 0.25) is 17.6 Å². The Morgan fingerprint density at radius 3 is 2.47 bits per heavy atom. The molecule has 176 valence electrons. The molecular formula is C25H28N6O3. The molecule has 0 spiro atoms. The predicted molar refractivity (Wildman–Crippen MR) is 129 cm³/mol. The summed E-state index contributed by atoms with van der Waals surface area (Å²) < 4.78 is 5.54. The van der Waals surface area contributed by atoms with Crippen LogP contribution in [-0.4, -0.2) is 66.2 Å². The molecule has 0 radical (unpaired) electrons. The highest BCUT2D eigenvalue weighted by Gasteiger charge is 2.35. The first kappa shape index (κ1) is 21.9. The van der Waals surface area contributed by atoms with Crippen LogP contribution in [-0.2, 0) is 4.79 Å². The summed E-state index contributed by atoms with van der Waals surface area (Å²) in [5, 5.41) is 7.02. The topological polar surface area (TPSA) is 94.8 Å². The van der Waals surface area contributed by atoms with Crippen molar-refractivity contribution in [1.29, 1.82) is 0 Å². The van der Waals surface area contributed by atoms with Crippen molar-refractivity contribution >= 4 is 23.3 Å². The Balaban J connectivity index is 1.21. The molecule has 3 heterocycles. The summed E-state index contributed by atoms with van der Waals surface area (Å²) in [6, 6.07) is 17.7. The van der Waals surface area contributed by atoms with Gasteiger partial charge in [-0.05, 0) is 43.3 Å². The Morgan fingerprint density at radius 1 is 1.03 bits per heavy atom. The lowest BCUT2D eigenvalue weighted by Gasteiger charge is -2.36. The van der Waals surface area contributed by atoms with E-state index < -0.39 is 0 Å². The van der Waals surface area contributed by atoms with Crippen molar-refractivity contribution in [1.82, 2.24) is 20.4 Å². The normalized spacial score (nSPS) is 18.4. The van der Waals surface area contributed by atoms with E-state index in [1.807, 2.05) is 66.4 Å². The zero-order valence-corrected chi connectivity index (χ0v) is 19.2. The molecule has 9 heteroatoms. The monoisotopic (exact) mass is 460 g/mol. The highest BCUT2D eigenvalue weighted by molar-refractivity contribution is 5.96. The molecule has 1 aromatic heterocycles. The number of amides is 3. The maximum atomic E-state index is 12.5. The van der Waals surface area contributed by atoms with Crippen molar-refractivity contribution in [2.75, 3.05) is 49.1 Å². The maximum Gasteiger partial charge on any atom is 0.317 e. The van der Waals surface area contributed by atoms with Crippen LogP contribution in [0.15, 0.2) is 59.1 Å². The number of carbonyl (C=O) groups is 2. The molecule has 2 aliphatic rings. The third-order valence-electron chi connectivity index (χ3n) is 6.37. The summed E-state index contributed by atoms with van der Waals surface area (Å²) in [5.74, 6) is 0.961. The van der Waals surface area contributed by atoms with Crippen molar-refractivity contribution < 1.29 is 14.1 Å². The molecule has 0 unspecified atom stereocenters. The summed E-state index contributed by atoms with van der Waals surface area (Å²) in [6.45, 7) is 6.07. The predicted octanol–water partition coefficient (Wildman–Crippen LogP) is 3.11. The first-order valence-electron chi connectivity index (χ1n) is 11.7. The Morgan fingerprint density at radius 2 is 1.76 bits per heavy atom. The van der Waals surface area contributed by atoms with E-state index in [1.165, 1.54) is 0 Å². The second-order valence-corrected chi connectivity index (χ2v) is 8.55. The fraction of sp³-hybridized carbons (Fsp3) is 0.360. The molecular weight excluding hydrogens is 432 g/mol. The van der Waals surface area contributed by atoms with Crippen molar-refractivity contribution in [3.8, 4) is 11.4 Å². The number of anilines is 2. The van der Waals surface area contributed by atoms with E-state index in [0.717, 1.165) is 30.0 Å². The van der Waals surface area contributed by atoms with Gasteiger partial charge >= 0.3 is 6.03 Å². The molecule has 9 nitrogen and oxygen atoms in total. The van der Waals surface area contributed by atoms with Crippen LogP contribution in [0, 0.1) is 0 Å². The van der Waals surface area contributed by atoms with Crippen LogP contribution in [0.1, 0.15) is 25.2 Å².